The molecular formula is C12H19N3O2S. The Balaban J connectivity index is 1.76. The summed E-state index contributed by atoms with van der Waals surface area (Å²) in [7, 11) is 0. The quantitative estimate of drug-likeness (QED) is 0.831. The summed E-state index contributed by atoms with van der Waals surface area (Å²) < 4.78 is 5.52. The third-order valence-electron chi connectivity index (χ3n) is 2.85. The summed E-state index contributed by atoms with van der Waals surface area (Å²) in [5.74, 6) is 0.0379. The number of carbonyl (C=O) groups is 1. The molecule has 100 valence electrons. The number of amides is 1. The highest BCUT2D eigenvalue weighted by Crippen LogP contribution is 2.17. The van der Waals surface area contributed by atoms with Gasteiger partial charge >= 0.3 is 0 Å². The first kappa shape index (κ1) is 13.5. The lowest BCUT2D eigenvalue weighted by molar-refractivity contribution is -0.121. The first-order valence-electron chi connectivity index (χ1n) is 6.17. The van der Waals surface area contributed by atoms with Gasteiger partial charge in [0.25, 0.3) is 0 Å². The van der Waals surface area contributed by atoms with E-state index >= 15 is 0 Å². The summed E-state index contributed by atoms with van der Waals surface area (Å²) in [6.07, 6.45) is 0.504. The van der Waals surface area contributed by atoms with E-state index < -0.39 is 0 Å². The first-order valence-corrected chi connectivity index (χ1v) is 6.98. The molecule has 0 bridgehead atoms. The van der Waals surface area contributed by atoms with Gasteiger partial charge in [-0.1, -0.05) is 0 Å². The number of aryl methyl sites for hydroxylation is 2. The van der Waals surface area contributed by atoms with E-state index in [0.29, 0.717) is 19.6 Å². The molecule has 1 aliphatic rings. The summed E-state index contributed by atoms with van der Waals surface area (Å²) in [4.78, 5) is 17.2. The Morgan fingerprint density at radius 2 is 2.44 bits per heavy atom. The van der Waals surface area contributed by atoms with Crippen molar-refractivity contribution in [1.82, 2.24) is 15.6 Å². The zero-order chi connectivity index (χ0) is 13.0. The Morgan fingerprint density at radius 3 is 3.06 bits per heavy atom. The maximum absolute atomic E-state index is 11.8. The standard InChI is InChI=1S/C12H19N3O2S/c1-8-11(18-9(2)15-8)5-12(16)14-7-10-6-13-3-4-17-10/h10,13H,3-7H2,1-2H3,(H,14,16). The molecule has 6 heteroatoms. The normalized spacial score (nSPS) is 19.8. The van der Waals surface area contributed by atoms with Crippen molar-refractivity contribution in [1.29, 1.82) is 0 Å². The molecule has 1 aromatic heterocycles. The number of thiazole rings is 1. The van der Waals surface area contributed by atoms with Crippen LogP contribution < -0.4 is 10.6 Å². The predicted molar refractivity (Wildman–Crippen MR) is 70.9 cm³/mol. The molecule has 0 radical (unpaired) electrons. The van der Waals surface area contributed by atoms with Crippen molar-refractivity contribution in [3.63, 3.8) is 0 Å². The highest BCUT2D eigenvalue weighted by molar-refractivity contribution is 7.11. The minimum Gasteiger partial charge on any atom is -0.374 e. The molecule has 1 aromatic rings. The van der Waals surface area contributed by atoms with Gasteiger partial charge in [0.2, 0.25) is 5.91 Å². The van der Waals surface area contributed by atoms with Crippen molar-refractivity contribution in [2.24, 2.45) is 0 Å². The number of nitrogens with one attached hydrogen (secondary N) is 2. The number of hydrogen-bond acceptors (Lipinski definition) is 5. The Morgan fingerprint density at radius 1 is 1.61 bits per heavy atom. The molecule has 0 spiro atoms. The van der Waals surface area contributed by atoms with Crippen molar-refractivity contribution in [2.45, 2.75) is 26.4 Å². The smallest absolute Gasteiger partial charge is 0.225 e. The third kappa shape index (κ3) is 3.76. The number of nitrogens with zero attached hydrogens (tertiary/aromatic N) is 1. The van der Waals surface area contributed by atoms with Crippen LogP contribution in [0, 0.1) is 13.8 Å². The van der Waals surface area contributed by atoms with Crippen LogP contribution in [0.4, 0.5) is 0 Å². The van der Waals surface area contributed by atoms with E-state index in [9.17, 15) is 4.79 Å². The van der Waals surface area contributed by atoms with E-state index in [4.69, 9.17) is 4.74 Å². The van der Waals surface area contributed by atoms with Gasteiger partial charge in [-0.3, -0.25) is 4.79 Å². The van der Waals surface area contributed by atoms with Crippen molar-refractivity contribution in [3.05, 3.63) is 15.6 Å². The van der Waals surface area contributed by atoms with E-state index in [1.54, 1.807) is 11.3 Å². The third-order valence-corrected chi connectivity index (χ3v) is 3.92. The van der Waals surface area contributed by atoms with E-state index in [-0.39, 0.29) is 12.0 Å². The molecule has 1 amide bonds. The zero-order valence-electron chi connectivity index (χ0n) is 10.8. The summed E-state index contributed by atoms with van der Waals surface area (Å²) in [6.45, 7) is 6.89. The van der Waals surface area contributed by atoms with Crippen LogP contribution in [0.2, 0.25) is 0 Å². The molecule has 0 aliphatic carbocycles. The van der Waals surface area contributed by atoms with Crippen LogP contribution in [0.25, 0.3) is 0 Å². The Hall–Kier alpha value is -0.980. The van der Waals surface area contributed by atoms with Gasteiger partial charge in [0, 0.05) is 24.5 Å². The van der Waals surface area contributed by atoms with Crippen LogP contribution >= 0.6 is 11.3 Å². The SMILES string of the molecule is Cc1nc(C)c(CC(=O)NCC2CNCCO2)s1. The Labute approximate surface area is 111 Å². The van der Waals surface area contributed by atoms with Gasteiger partial charge in [-0.15, -0.1) is 11.3 Å². The van der Waals surface area contributed by atoms with Crippen LogP contribution in [0.15, 0.2) is 0 Å². The number of hydrogen-bond donors (Lipinski definition) is 2. The average Bonchev–Trinajstić information content (AvgIpc) is 2.67. The number of morpholine rings is 1. The van der Waals surface area contributed by atoms with Crippen LogP contribution in [-0.2, 0) is 16.0 Å². The second-order valence-electron chi connectivity index (χ2n) is 4.42. The van der Waals surface area contributed by atoms with E-state index in [1.165, 1.54) is 0 Å². The number of carbonyl (C=O) groups excluding carboxylic acids is 1. The van der Waals surface area contributed by atoms with Gasteiger partial charge in [-0.2, -0.15) is 0 Å². The van der Waals surface area contributed by atoms with E-state index in [0.717, 1.165) is 28.7 Å². The number of aromatic nitrogens is 1. The van der Waals surface area contributed by atoms with Gasteiger partial charge < -0.3 is 15.4 Å². The average molecular weight is 269 g/mol. The van der Waals surface area contributed by atoms with Crippen LogP contribution in [0.1, 0.15) is 15.6 Å². The van der Waals surface area contributed by atoms with Gasteiger partial charge in [-0.05, 0) is 13.8 Å². The zero-order valence-corrected chi connectivity index (χ0v) is 11.6. The lowest BCUT2D eigenvalue weighted by atomic mass is 10.2. The fourth-order valence-corrected chi connectivity index (χ4v) is 2.86. The minimum absolute atomic E-state index is 0.0379. The fourth-order valence-electron chi connectivity index (χ4n) is 1.92. The second kappa shape index (κ2) is 6.26. The summed E-state index contributed by atoms with van der Waals surface area (Å²) in [6, 6.07) is 0. The molecule has 1 fully saturated rings. The maximum atomic E-state index is 11.8. The highest BCUT2D eigenvalue weighted by Gasteiger charge is 2.15. The Kier molecular flexibility index (Phi) is 4.68. The van der Waals surface area contributed by atoms with Gasteiger partial charge in [0.1, 0.15) is 0 Å². The minimum atomic E-state index is 0.0379. The van der Waals surface area contributed by atoms with Crippen LogP contribution in [0.5, 0.6) is 0 Å². The monoisotopic (exact) mass is 269 g/mol. The van der Waals surface area contributed by atoms with Gasteiger partial charge in [0.05, 0.1) is 29.8 Å². The largest absolute Gasteiger partial charge is 0.374 e. The molecule has 5 nitrogen and oxygen atoms in total. The topological polar surface area (TPSA) is 63.2 Å². The first-order chi connectivity index (χ1) is 8.65. The van der Waals surface area contributed by atoms with Gasteiger partial charge in [0.15, 0.2) is 0 Å². The van der Waals surface area contributed by atoms with Crippen LogP contribution in [-0.4, -0.2) is 43.2 Å². The van der Waals surface area contributed by atoms with Crippen molar-refractivity contribution in [2.75, 3.05) is 26.2 Å². The highest BCUT2D eigenvalue weighted by atomic mass is 32.1. The molecule has 1 saturated heterocycles. The molecule has 18 heavy (non-hydrogen) atoms. The number of ether oxygens (including phenoxy) is 1. The molecule has 0 aromatic carbocycles. The molecule has 2 N–H and O–H groups in total. The van der Waals surface area contributed by atoms with E-state index in [1.807, 2.05) is 13.8 Å². The van der Waals surface area contributed by atoms with Crippen molar-refractivity contribution < 1.29 is 9.53 Å². The molecule has 1 atom stereocenters. The lowest BCUT2D eigenvalue weighted by Crippen LogP contribution is -2.45. The maximum Gasteiger partial charge on any atom is 0.225 e. The fraction of sp³-hybridized carbons (Fsp3) is 0.667. The van der Waals surface area contributed by atoms with Crippen molar-refractivity contribution >= 4 is 17.2 Å². The molecule has 2 heterocycles. The number of rotatable bonds is 4. The van der Waals surface area contributed by atoms with E-state index in [2.05, 4.69) is 15.6 Å². The van der Waals surface area contributed by atoms with Gasteiger partial charge in [-0.25, -0.2) is 4.98 Å². The van der Waals surface area contributed by atoms with Crippen molar-refractivity contribution in [3.8, 4) is 0 Å². The second-order valence-corrected chi connectivity index (χ2v) is 5.71. The van der Waals surface area contributed by atoms with Crippen LogP contribution in [0.3, 0.4) is 0 Å². The predicted octanol–water partition coefficient (Wildman–Crippen LogP) is 0.407. The molecule has 1 unspecified atom stereocenters. The lowest BCUT2D eigenvalue weighted by Gasteiger charge is -2.23. The molecular weight excluding hydrogens is 250 g/mol. The Bertz CT molecular complexity index is 413. The summed E-state index contributed by atoms with van der Waals surface area (Å²) in [5, 5.41) is 7.16. The molecule has 0 saturated carbocycles. The molecule has 2 rings (SSSR count). The summed E-state index contributed by atoms with van der Waals surface area (Å²) in [5.41, 5.74) is 0.961. The summed E-state index contributed by atoms with van der Waals surface area (Å²) >= 11 is 1.59. The molecule has 1 aliphatic heterocycles.